The van der Waals surface area contributed by atoms with E-state index in [0.29, 0.717) is 32.0 Å². The van der Waals surface area contributed by atoms with Crippen molar-refractivity contribution in [2.24, 2.45) is 0 Å². The van der Waals surface area contributed by atoms with Gasteiger partial charge in [-0.3, -0.25) is 10.1 Å². The van der Waals surface area contributed by atoms with E-state index in [1.54, 1.807) is 18.2 Å². The molecule has 0 spiro atoms. The molecule has 3 aromatic carbocycles. The van der Waals surface area contributed by atoms with E-state index in [1.807, 2.05) is 60.7 Å². The van der Waals surface area contributed by atoms with E-state index in [2.05, 4.69) is 10.6 Å². The highest BCUT2D eigenvalue weighted by atomic mass is 32.2. The summed E-state index contributed by atoms with van der Waals surface area (Å²) in [6.45, 7) is 1.47. The van der Waals surface area contributed by atoms with Crippen LogP contribution in [0, 0.1) is 0 Å². The highest BCUT2D eigenvalue weighted by Gasteiger charge is 2.26. The van der Waals surface area contributed by atoms with Crippen LogP contribution in [0.1, 0.15) is 17.2 Å². The molecule has 0 unspecified atom stereocenters. The summed E-state index contributed by atoms with van der Waals surface area (Å²) in [4.78, 5) is 12.8. The third-order valence-electron chi connectivity index (χ3n) is 5.46. The molecule has 2 N–H and O–H groups in total. The lowest BCUT2D eigenvalue weighted by Gasteiger charge is -2.26. The Morgan fingerprint density at radius 2 is 1.48 bits per heavy atom. The van der Waals surface area contributed by atoms with Crippen molar-refractivity contribution >= 4 is 21.6 Å². The Morgan fingerprint density at radius 3 is 2.09 bits per heavy atom. The second-order valence-corrected chi connectivity index (χ2v) is 9.67. The number of hydrogen-bond acceptors (Lipinski definition) is 5. The van der Waals surface area contributed by atoms with Crippen molar-refractivity contribution in [2.75, 3.05) is 38.2 Å². The maximum atomic E-state index is 12.9. The second kappa shape index (κ2) is 10.7. The molecular weight excluding hydrogens is 438 g/mol. The molecular formula is C25H27N3O4S. The minimum absolute atomic E-state index is 0.0644. The highest BCUT2D eigenvalue weighted by Crippen LogP contribution is 2.22. The topological polar surface area (TPSA) is 87.7 Å². The molecule has 1 aliphatic heterocycles. The van der Waals surface area contributed by atoms with Crippen LogP contribution in [0.3, 0.4) is 0 Å². The van der Waals surface area contributed by atoms with Crippen molar-refractivity contribution in [3.05, 3.63) is 96.1 Å². The normalized spacial score (nSPS) is 14.8. The van der Waals surface area contributed by atoms with Crippen molar-refractivity contribution in [3.63, 3.8) is 0 Å². The number of benzene rings is 3. The van der Waals surface area contributed by atoms with Crippen LogP contribution in [0.2, 0.25) is 0 Å². The van der Waals surface area contributed by atoms with Gasteiger partial charge in [0.25, 0.3) is 0 Å². The van der Waals surface area contributed by atoms with Crippen LogP contribution in [0.5, 0.6) is 0 Å². The number of nitrogens with one attached hydrogen (secondary N) is 2. The fourth-order valence-electron chi connectivity index (χ4n) is 3.79. The quantitative estimate of drug-likeness (QED) is 0.534. The minimum atomic E-state index is -3.63. The van der Waals surface area contributed by atoms with Gasteiger partial charge in [0.2, 0.25) is 15.9 Å². The first-order chi connectivity index (χ1) is 16.0. The maximum absolute atomic E-state index is 12.9. The highest BCUT2D eigenvalue weighted by molar-refractivity contribution is 7.89. The molecule has 1 fully saturated rings. The summed E-state index contributed by atoms with van der Waals surface area (Å²) >= 11 is 0. The van der Waals surface area contributed by atoms with Gasteiger partial charge in [-0.2, -0.15) is 4.31 Å². The Labute approximate surface area is 194 Å². The molecule has 1 saturated heterocycles. The third kappa shape index (κ3) is 5.85. The van der Waals surface area contributed by atoms with Crippen LogP contribution in [-0.2, 0) is 19.6 Å². The summed E-state index contributed by atoms with van der Waals surface area (Å²) in [6, 6.07) is 26.0. The van der Waals surface area contributed by atoms with Crippen molar-refractivity contribution in [3.8, 4) is 0 Å². The predicted octanol–water partition coefficient (Wildman–Crippen LogP) is 3.03. The van der Waals surface area contributed by atoms with E-state index in [-0.39, 0.29) is 23.4 Å². The number of sulfonamides is 1. The van der Waals surface area contributed by atoms with E-state index in [1.165, 1.54) is 10.4 Å². The first kappa shape index (κ1) is 23.1. The average molecular weight is 466 g/mol. The zero-order valence-corrected chi connectivity index (χ0v) is 19.0. The molecule has 0 aliphatic carbocycles. The molecule has 33 heavy (non-hydrogen) atoms. The second-order valence-electron chi connectivity index (χ2n) is 7.73. The Balaban J connectivity index is 1.43. The summed E-state index contributed by atoms with van der Waals surface area (Å²) < 4.78 is 32.5. The number of hydrogen-bond donors (Lipinski definition) is 2. The summed E-state index contributed by atoms with van der Waals surface area (Å²) in [5, 5.41) is 6.12. The summed E-state index contributed by atoms with van der Waals surface area (Å²) in [5.41, 5.74) is 2.54. The number of carbonyl (C=O) groups is 1. The molecule has 1 aliphatic rings. The molecule has 0 saturated carbocycles. The summed E-state index contributed by atoms with van der Waals surface area (Å²) in [7, 11) is -3.63. The van der Waals surface area contributed by atoms with Gasteiger partial charge in [-0.05, 0) is 29.3 Å². The number of carbonyl (C=O) groups excluding carboxylic acids is 1. The van der Waals surface area contributed by atoms with Crippen molar-refractivity contribution in [1.82, 2.24) is 9.62 Å². The van der Waals surface area contributed by atoms with E-state index < -0.39 is 10.0 Å². The van der Waals surface area contributed by atoms with Gasteiger partial charge in [0.1, 0.15) is 0 Å². The monoisotopic (exact) mass is 465 g/mol. The number of morpholine rings is 1. The van der Waals surface area contributed by atoms with Gasteiger partial charge in [0.05, 0.1) is 30.7 Å². The summed E-state index contributed by atoms with van der Waals surface area (Å²) in [6.07, 6.45) is 0. The van der Waals surface area contributed by atoms with Crippen LogP contribution in [0.25, 0.3) is 0 Å². The lowest BCUT2D eigenvalue weighted by atomic mass is 9.99. The fourth-order valence-corrected chi connectivity index (χ4v) is 5.24. The van der Waals surface area contributed by atoms with Crippen LogP contribution in [-0.4, -0.2) is 51.5 Å². The Kier molecular flexibility index (Phi) is 7.51. The predicted molar refractivity (Wildman–Crippen MR) is 127 cm³/mol. The van der Waals surface area contributed by atoms with E-state index >= 15 is 0 Å². The number of ether oxygens (including phenoxy) is 1. The molecule has 4 rings (SSSR count). The largest absolute Gasteiger partial charge is 0.379 e. The van der Waals surface area contributed by atoms with Crippen LogP contribution < -0.4 is 10.6 Å². The van der Waals surface area contributed by atoms with Gasteiger partial charge in [-0.25, -0.2) is 8.42 Å². The molecule has 1 heterocycles. The molecule has 0 aromatic heterocycles. The minimum Gasteiger partial charge on any atom is -0.379 e. The zero-order chi connectivity index (χ0) is 23.1. The molecule has 1 amide bonds. The van der Waals surface area contributed by atoms with E-state index in [0.717, 1.165) is 11.1 Å². The Bertz CT molecular complexity index is 1130. The number of rotatable bonds is 8. The maximum Gasteiger partial charge on any atom is 0.243 e. The Hall–Kier alpha value is -3.04. The molecule has 0 radical (unpaired) electrons. The van der Waals surface area contributed by atoms with Gasteiger partial charge >= 0.3 is 0 Å². The van der Waals surface area contributed by atoms with E-state index in [9.17, 15) is 13.2 Å². The molecule has 0 bridgehead atoms. The standard InChI is InChI=1S/C25H27N3O4S/c29-24(19-26-25(20-8-3-1-4-9-20)21-10-5-2-6-11-21)27-22-12-7-13-23(18-22)33(30,31)28-14-16-32-17-15-28/h1-13,18,25-26H,14-17,19H2,(H,27,29). The number of nitrogens with zero attached hydrogens (tertiary/aromatic N) is 1. The summed E-state index contributed by atoms with van der Waals surface area (Å²) in [5.74, 6) is -0.257. The average Bonchev–Trinajstić information content (AvgIpc) is 2.86. The van der Waals surface area contributed by atoms with Gasteiger partial charge in [-0.15, -0.1) is 0 Å². The molecule has 7 nitrogen and oxygen atoms in total. The van der Waals surface area contributed by atoms with Crippen molar-refractivity contribution in [2.45, 2.75) is 10.9 Å². The van der Waals surface area contributed by atoms with Crippen molar-refractivity contribution in [1.29, 1.82) is 0 Å². The fraction of sp³-hybridized carbons (Fsp3) is 0.240. The van der Waals surface area contributed by atoms with E-state index in [4.69, 9.17) is 4.74 Å². The van der Waals surface area contributed by atoms with Gasteiger partial charge in [0, 0.05) is 18.8 Å². The molecule has 3 aromatic rings. The van der Waals surface area contributed by atoms with Crippen LogP contribution in [0.15, 0.2) is 89.8 Å². The lowest BCUT2D eigenvalue weighted by molar-refractivity contribution is -0.115. The van der Waals surface area contributed by atoms with Crippen molar-refractivity contribution < 1.29 is 17.9 Å². The number of amides is 1. The SMILES string of the molecule is O=C(CNC(c1ccccc1)c1ccccc1)Nc1cccc(S(=O)(=O)N2CCOCC2)c1. The van der Waals surface area contributed by atoms with Gasteiger partial charge in [0.15, 0.2) is 0 Å². The first-order valence-corrected chi connectivity index (χ1v) is 12.3. The third-order valence-corrected chi connectivity index (χ3v) is 7.35. The molecule has 8 heteroatoms. The van der Waals surface area contributed by atoms with Gasteiger partial charge < -0.3 is 10.1 Å². The molecule has 172 valence electrons. The molecule has 0 atom stereocenters. The van der Waals surface area contributed by atoms with Crippen LogP contribution >= 0.6 is 0 Å². The number of anilines is 1. The lowest BCUT2D eigenvalue weighted by Crippen LogP contribution is -2.40. The Morgan fingerprint density at radius 1 is 0.879 bits per heavy atom. The first-order valence-electron chi connectivity index (χ1n) is 10.8. The van der Waals surface area contributed by atoms with Crippen LogP contribution in [0.4, 0.5) is 5.69 Å². The zero-order valence-electron chi connectivity index (χ0n) is 18.2. The smallest absolute Gasteiger partial charge is 0.243 e. The van der Waals surface area contributed by atoms with Gasteiger partial charge in [-0.1, -0.05) is 66.7 Å².